The molecule has 0 unspecified atom stereocenters. The maximum Gasteiger partial charge on any atom is 0.344 e. The van der Waals surface area contributed by atoms with Gasteiger partial charge in [0.2, 0.25) is 0 Å². The van der Waals surface area contributed by atoms with E-state index in [-0.39, 0.29) is 23.4 Å². The number of nitrogens with zero attached hydrogens (tertiary/aromatic N) is 1. The molecule has 0 saturated carbocycles. The molecule has 1 heterocycles. The summed E-state index contributed by atoms with van der Waals surface area (Å²) in [6.07, 6.45) is 1.84. The summed E-state index contributed by atoms with van der Waals surface area (Å²) in [6.45, 7) is 8.41. The maximum atomic E-state index is 12.5. The van der Waals surface area contributed by atoms with Crippen LogP contribution in [0.2, 0.25) is 5.02 Å². The largest absolute Gasteiger partial charge is 0.506 e. The van der Waals surface area contributed by atoms with E-state index in [1.165, 1.54) is 17.3 Å². The topological polar surface area (TPSA) is 58.9 Å². The Morgan fingerprint density at radius 2 is 1.77 bits per heavy atom. The molecule has 0 radical (unpaired) electrons. The van der Waals surface area contributed by atoms with Crippen molar-refractivity contribution < 1.29 is 14.6 Å². The van der Waals surface area contributed by atoms with E-state index < -0.39 is 5.97 Å². The number of halogens is 1. The second-order valence-electron chi connectivity index (χ2n) is 7.82. The highest BCUT2D eigenvalue weighted by Gasteiger charge is 2.33. The van der Waals surface area contributed by atoms with Crippen LogP contribution in [0.25, 0.3) is 6.08 Å². The van der Waals surface area contributed by atoms with E-state index in [9.17, 15) is 9.90 Å². The fraction of sp³-hybridized carbons (Fsp3) is 0.250. The van der Waals surface area contributed by atoms with Gasteiger partial charge in [0.15, 0.2) is 0 Å². The Morgan fingerprint density at radius 3 is 2.33 bits per heavy atom. The molecule has 0 aromatic heterocycles. The number of carbonyl (C=O) groups is 1. The minimum Gasteiger partial charge on any atom is -0.506 e. The number of thioether (sulfide) groups is 1. The number of aliphatic hydroxyl groups excluding tert-OH is 1. The zero-order valence-electron chi connectivity index (χ0n) is 17.4. The predicted octanol–water partition coefficient (Wildman–Crippen LogP) is 6.83. The summed E-state index contributed by atoms with van der Waals surface area (Å²) < 4.78 is 5.14. The molecule has 4 nitrogen and oxygen atoms in total. The highest BCUT2D eigenvalue weighted by atomic mass is 35.5. The van der Waals surface area contributed by atoms with Crippen LogP contribution in [0.1, 0.15) is 38.8 Å². The lowest BCUT2D eigenvalue weighted by atomic mass is 9.87. The SMILES string of the molecule is CCOC(=O)C1=C(O)/C(=C/c2ccc(C(C)(C)C)cc2)SC1=Nc1ccc(Cl)cc1. The van der Waals surface area contributed by atoms with Gasteiger partial charge in [-0.25, -0.2) is 9.79 Å². The zero-order valence-corrected chi connectivity index (χ0v) is 19.0. The average Bonchev–Trinajstić information content (AvgIpc) is 2.98. The maximum absolute atomic E-state index is 12.5. The lowest BCUT2D eigenvalue weighted by Gasteiger charge is -2.18. The Morgan fingerprint density at radius 1 is 1.13 bits per heavy atom. The van der Waals surface area contributed by atoms with Crippen molar-refractivity contribution in [3.63, 3.8) is 0 Å². The Balaban J connectivity index is 1.99. The van der Waals surface area contributed by atoms with Gasteiger partial charge in [-0.15, -0.1) is 0 Å². The lowest BCUT2D eigenvalue weighted by Crippen LogP contribution is -2.12. The number of hydrogen-bond donors (Lipinski definition) is 1. The van der Waals surface area contributed by atoms with Crippen LogP contribution in [0.15, 0.2) is 69.8 Å². The van der Waals surface area contributed by atoms with Gasteiger partial charge in [0.25, 0.3) is 0 Å². The molecule has 30 heavy (non-hydrogen) atoms. The molecule has 3 rings (SSSR count). The zero-order chi connectivity index (χ0) is 21.9. The average molecular weight is 442 g/mol. The van der Waals surface area contributed by atoms with Gasteiger partial charge < -0.3 is 9.84 Å². The molecule has 0 fully saturated rings. The number of carbonyl (C=O) groups excluding carboxylic acids is 1. The van der Waals surface area contributed by atoms with Crippen molar-refractivity contribution in [2.24, 2.45) is 4.99 Å². The standard InChI is InChI=1S/C24H24ClNO3S/c1-5-29-23(28)20-21(27)19(14-15-6-8-16(9-7-15)24(2,3)4)30-22(20)26-18-12-10-17(25)11-13-18/h6-14,27H,5H2,1-4H3/b19-14-,26-22?. The Bertz CT molecular complexity index is 1030. The van der Waals surface area contributed by atoms with E-state index >= 15 is 0 Å². The molecule has 0 aliphatic carbocycles. The molecule has 0 bridgehead atoms. The summed E-state index contributed by atoms with van der Waals surface area (Å²) in [5.41, 5.74) is 2.92. The van der Waals surface area contributed by atoms with E-state index in [1.54, 1.807) is 31.2 Å². The van der Waals surface area contributed by atoms with E-state index in [4.69, 9.17) is 16.3 Å². The number of aliphatic imine (C=N–C) groups is 1. The third-order valence-corrected chi connectivity index (χ3v) is 5.77. The second kappa shape index (κ2) is 9.11. The third-order valence-electron chi connectivity index (χ3n) is 4.50. The number of benzene rings is 2. The lowest BCUT2D eigenvalue weighted by molar-refractivity contribution is -0.138. The van der Waals surface area contributed by atoms with Gasteiger partial charge in [-0.05, 0) is 53.8 Å². The van der Waals surface area contributed by atoms with Gasteiger partial charge in [0.1, 0.15) is 16.4 Å². The molecule has 2 aromatic rings. The van der Waals surface area contributed by atoms with Crippen LogP contribution in [0, 0.1) is 0 Å². The van der Waals surface area contributed by atoms with Crippen LogP contribution < -0.4 is 0 Å². The summed E-state index contributed by atoms with van der Waals surface area (Å²) >= 11 is 7.18. The highest BCUT2D eigenvalue weighted by Crippen LogP contribution is 2.40. The van der Waals surface area contributed by atoms with Crippen LogP contribution in [0.3, 0.4) is 0 Å². The molecule has 6 heteroatoms. The quantitative estimate of drug-likeness (QED) is 0.528. The summed E-state index contributed by atoms with van der Waals surface area (Å²) in [7, 11) is 0. The third kappa shape index (κ3) is 5.15. The Labute approximate surface area is 186 Å². The Hall–Kier alpha value is -2.50. The number of hydrogen-bond acceptors (Lipinski definition) is 5. The van der Waals surface area contributed by atoms with Gasteiger partial charge in [-0.2, -0.15) is 0 Å². The van der Waals surface area contributed by atoms with Gasteiger partial charge in [-0.3, -0.25) is 0 Å². The van der Waals surface area contributed by atoms with Crippen molar-refractivity contribution in [1.82, 2.24) is 0 Å². The van der Waals surface area contributed by atoms with Crippen molar-refractivity contribution in [3.05, 3.63) is 80.9 Å². The highest BCUT2D eigenvalue weighted by molar-refractivity contribution is 8.18. The van der Waals surface area contributed by atoms with Gasteiger partial charge in [0, 0.05) is 5.02 Å². The van der Waals surface area contributed by atoms with E-state index in [1.807, 2.05) is 18.2 Å². The monoisotopic (exact) mass is 441 g/mol. The number of aliphatic hydroxyl groups is 1. The fourth-order valence-corrected chi connectivity index (χ4v) is 4.02. The normalized spacial score (nSPS) is 17.1. The molecule has 1 aliphatic rings. The number of esters is 1. The Kier molecular flexibility index (Phi) is 6.74. The first-order valence-electron chi connectivity index (χ1n) is 9.64. The predicted molar refractivity (Wildman–Crippen MR) is 126 cm³/mol. The molecule has 156 valence electrons. The molecular weight excluding hydrogens is 418 g/mol. The molecule has 0 atom stereocenters. The minimum atomic E-state index is -0.596. The molecule has 0 saturated heterocycles. The van der Waals surface area contributed by atoms with Gasteiger partial charge in [0.05, 0.1) is 17.2 Å². The van der Waals surface area contributed by atoms with Crippen LogP contribution in [0.4, 0.5) is 5.69 Å². The fourth-order valence-electron chi connectivity index (χ4n) is 2.86. The van der Waals surface area contributed by atoms with Crippen molar-refractivity contribution in [1.29, 1.82) is 0 Å². The van der Waals surface area contributed by atoms with E-state index in [0.717, 1.165) is 5.56 Å². The smallest absolute Gasteiger partial charge is 0.344 e. The molecule has 1 aliphatic heterocycles. The molecule has 2 aromatic carbocycles. The van der Waals surface area contributed by atoms with Crippen molar-refractivity contribution in [2.75, 3.05) is 6.61 Å². The van der Waals surface area contributed by atoms with Crippen LogP contribution in [0.5, 0.6) is 0 Å². The molecular formula is C24H24ClNO3S. The van der Waals surface area contributed by atoms with Crippen LogP contribution in [-0.4, -0.2) is 22.7 Å². The number of ether oxygens (including phenoxy) is 1. The van der Waals surface area contributed by atoms with Crippen molar-refractivity contribution >= 4 is 46.1 Å². The van der Waals surface area contributed by atoms with Gasteiger partial charge in [-0.1, -0.05) is 68.4 Å². The first-order chi connectivity index (χ1) is 14.2. The summed E-state index contributed by atoms with van der Waals surface area (Å²) in [6, 6.07) is 15.1. The summed E-state index contributed by atoms with van der Waals surface area (Å²) in [5.74, 6) is -0.715. The first-order valence-corrected chi connectivity index (χ1v) is 10.8. The molecule has 0 spiro atoms. The van der Waals surface area contributed by atoms with Crippen molar-refractivity contribution in [2.45, 2.75) is 33.1 Å². The first kappa shape index (κ1) is 22.2. The molecule has 0 amide bonds. The van der Waals surface area contributed by atoms with E-state index in [0.29, 0.717) is 20.7 Å². The van der Waals surface area contributed by atoms with Crippen LogP contribution in [-0.2, 0) is 14.9 Å². The van der Waals surface area contributed by atoms with E-state index in [2.05, 4.69) is 37.9 Å². The minimum absolute atomic E-state index is 0.0608. The number of rotatable bonds is 4. The molecule has 1 N–H and O–H groups in total. The van der Waals surface area contributed by atoms with Crippen molar-refractivity contribution in [3.8, 4) is 0 Å². The summed E-state index contributed by atoms with van der Waals surface area (Å²) in [5, 5.41) is 11.8. The summed E-state index contributed by atoms with van der Waals surface area (Å²) in [4.78, 5) is 17.6. The van der Waals surface area contributed by atoms with Crippen LogP contribution >= 0.6 is 23.4 Å². The second-order valence-corrected chi connectivity index (χ2v) is 9.29. The van der Waals surface area contributed by atoms with Gasteiger partial charge >= 0.3 is 5.97 Å².